The first-order chi connectivity index (χ1) is 14.4. The first-order valence-electron chi connectivity index (χ1n) is 8.84. The molecule has 0 saturated heterocycles. The van der Waals surface area contributed by atoms with Crippen molar-refractivity contribution in [1.29, 1.82) is 0 Å². The zero-order valence-corrected chi connectivity index (χ0v) is 15.5. The fourth-order valence-electron chi connectivity index (χ4n) is 3.42. The van der Waals surface area contributed by atoms with Crippen LogP contribution in [0.15, 0.2) is 53.3 Å². The van der Waals surface area contributed by atoms with Crippen molar-refractivity contribution in [3.05, 3.63) is 60.2 Å². The standard InChI is InChI=1S/C19H14FN7O3/c1-19(17(28)29,11-5-2-3-6-12(11)20)27-16-10(9-22-27)15-23-14(13-7-4-8-30-13)25-26(15)18(21)24-16/h2-9H,1H3,(H2,21,24)(H,28,29). The highest BCUT2D eigenvalue weighted by molar-refractivity contribution is 5.92. The summed E-state index contributed by atoms with van der Waals surface area (Å²) in [7, 11) is 0. The molecule has 5 aromatic rings. The van der Waals surface area contributed by atoms with Crippen LogP contribution >= 0.6 is 0 Å². The van der Waals surface area contributed by atoms with Crippen LogP contribution in [0.3, 0.4) is 0 Å². The Kier molecular flexibility index (Phi) is 3.62. The van der Waals surface area contributed by atoms with Crippen LogP contribution in [-0.2, 0) is 10.3 Å². The molecule has 4 aromatic heterocycles. The minimum absolute atomic E-state index is 0.0363. The lowest BCUT2D eigenvalue weighted by molar-refractivity contribution is -0.144. The molecule has 1 atom stereocenters. The molecule has 0 aliphatic rings. The zero-order valence-electron chi connectivity index (χ0n) is 15.5. The highest BCUT2D eigenvalue weighted by Gasteiger charge is 2.42. The third kappa shape index (κ3) is 2.32. The molecule has 3 N–H and O–H groups in total. The number of fused-ring (bicyclic) bond motifs is 3. The van der Waals surface area contributed by atoms with Gasteiger partial charge in [-0.25, -0.2) is 18.9 Å². The number of nitrogens with two attached hydrogens (primary N) is 1. The van der Waals surface area contributed by atoms with Gasteiger partial charge in [0.2, 0.25) is 11.8 Å². The number of carboxylic acids is 1. The predicted octanol–water partition coefficient (Wildman–Crippen LogP) is 2.30. The number of rotatable bonds is 4. The average Bonchev–Trinajstić information content (AvgIpc) is 3.46. The Morgan fingerprint density at radius 2 is 2.00 bits per heavy atom. The summed E-state index contributed by atoms with van der Waals surface area (Å²) in [4.78, 5) is 21.0. The number of nitrogens with zero attached hydrogens (tertiary/aromatic N) is 6. The molecule has 150 valence electrons. The summed E-state index contributed by atoms with van der Waals surface area (Å²) in [6.07, 6.45) is 2.89. The van der Waals surface area contributed by atoms with E-state index in [4.69, 9.17) is 10.2 Å². The zero-order chi connectivity index (χ0) is 21.0. The van der Waals surface area contributed by atoms with Gasteiger partial charge in [0.05, 0.1) is 17.8 Å². The van der Waals surface area contributed by atoms with Crippen molar-refractivity contribution in [2.75, 3.05) is 5.73 Å². The Bertz CT molecular complexity index is 1420. The van der Waals surface area contributed by atoms with Crippen LogP contribution < -0.4 is 5.73 Å². The summed E-state index contributed by atoms with van der Waals surface area (Å²) in [5.41, 5.74) is 4.56. The number of halogens is 1. The van der Waals surface area contributed by atoms with Crippen LogP contribution in [0.25, 0.3) is 28.3 Å². The summed E-state index contributed by atoms with van der Waals surface area (Å²) in [5.74, 6) is -1.31. The number of aliphatic carboxylic acids is 1. The Balaban J connectivity index is 1.80. The van der Waals surface area contributed by atoms with Crippen molar-refractivity contribution in [3.63, 3.8) is 0 Å². The van der Waals surface area contributed by atoms with Crippen LogP contribution in [0.2, 0.25) is 0 Å². The highest BCUT2D eigenvalue weighted by atomic mass is 19.1. The number of benzene rings is 1. The maximum atomic E-state index is 14.5. The Hall–Kier alpha value is -4.28. The molecule has 0 amide bonds. The lowest BCUT2D eigenvalue weighted by Crippen LogP contribution is -2.41. The molecule has 0 spiro atoms. The fraction of sp³-hybridized carbons (Fsp3) is 0.105. The molecule has 0 fully saturated rings. The average molecular weight is 407 g/mol. The predicted molar refractivity (Wildman–Crippen MR) is 103 cm³/mol. The Morgan fingerprint density at radius 3 is 2.70 bits per heavy atom. The van der Waals surface area contributed by atoms with Gasteiger partial charge in [-0.2, -0.15) is 14.6 Å². The lowest BCUT2D eigenvalue weighted by Gasteiger charge is -2.26. The molecule has 11 heteroatoms. The minimum atomic E-state index is -1.88. The Morgan fingerprint density at radius 1 is 1.20 bits per heavy atom. The van der Waals surface area contributed by atoms with Crippen LogP contribution in [0.4, 0.5) is 10.3 Å². The van der Waals surface area contributed by atoms with Crippen molar-refractivity contribution < 1.29 is 18.7 Å². The van der Waals surface area contributed by atoms with Crippen molar-refractivity contribution in [2.45, 2.75) is 12.5 Å². The van der Waals surface area contributed by atoms with E-state index in [1.54, 1.807) is 18.2 Å². The number of carbonyl (C=O) groups is 1. The number of carboxylic acid groups (broad SMARTS) is 1. The molecule has 4 heterocycles. The SMILES string of the molecule is CC(C(=O)O)(c1ccccc1F)n1ncc2c1nc(N)n1nc(-c3ccco3)nc21. The van der Waals surface area contributed by atoms with Gasteiger partial charge in [-0.1, -0.05) is 18.2 Å². The van der Waals surface area contributed by atoms with E-state index in [0.717, 1.165) is 4.68 Å². The molecule has 0 aliphatic heterocycles. The van der Waals surface area contributed by atoms with Crippen molar-refractivity contribution in [3.8, 4) is 11.6 Å². The van der Waals surface area contributed by atoms with Gasteiger partial charge in [0.25, 0.3) is 0 Å². The molecule has 1 unspecified atom stereocenters. The van der Waals surface area contributed by atoms with Crippen LogP contribution in [-0.4, -0.2) is 40.4 Å². The summed E-state index contributed by atoms with van der Waals surface area (Å²) in [6.45, 7) is 1.35. The fourth-order valence-corrected chi connectivity index (χ4v) is 3.42. The number of hydrogen-bond acceptors (Lipinski definition) is 7. The largest absolute Gasteiger partial charge is 0.479 e. The number of aromatic nitrogens is 6. The monoisotopic (exact) mass is 407 g/mol. The molecule has 5 rings (SSSR count). The molecule has 0 bridgehead atoms. The second-order valence-electron chi connectivity index (χ2n) is 6.77. The van der Waals surface area contributed by atoms with Gasteiger partial charge in [0, 0.05) is 5.56 Å². The molecule has 1 aromatic carbocycles. The van der Waals surface area contributed by atoms with E-state index in [2.05, 4.69) is 20.2 Å². The van der Waals surface area contributed by atoms with Crippen LogP contribution in [0.5, 0.6) is 0 Å². The second-order valence-corrected chi connectivity index (χ2v) is 6.77. The summed E-state index contributed by atoms with van der Waals surface area (Å²) < 4.78 is 22.3. The minimum Gasteiger partial charge on any atom is -0.479 e. The van der Waals surface area contributed by atoms with Crippen molar-refractivity contribution >= 4 is 28.6 Å². The number of anilines is 1. The quantitative estimate of drug-likeness (QED) is 0.463. The number of nitrogen functional groups attached to an aromatic ring is 1. The second kappa shape index (κ2) is 6.11. The third-order valence-electron chi connectivity index (χ3n) is 5.01. The maximum absolute atomic E-state index is 14.5. The summed E-state index contributed by atoms with van der Waals surface area (Å²) in [6, 6.07) is 9.01. The first-order valence-corrected chi connectivity index (χ1v) is 8.84. The van der Waals surface area contributed by atoms with Crippen LogP contribution in [0.1, 0.15) is 12.5 Å². The third-order valence-corrected chi connectivity index (χ3v) is 5.01. The number of hydrogen-bond donors (Lipinski definition) is 2. The van der Waals surface area contributed by atoms with E-state index in [0.29, 0.717) is 16.8 Å². The normalized spacial score (nSPS) is 13.7. The molecular weight excluding hydrogens is 393 g/mol. The molecule has 0 radical (unpaired) electrons. The molecule has 10 nitrogen and oxygen atoms in total. The first kappa shape index (κ1) is 17.8. The van der Waals surface area contributed by atoms with Gasteiger partial charge in [-0.3, -0.25) is 0 Å². The number of furan rings is 1. The van der Waals surface area contributed by atoms with Crippen molar-refractivity contribution in [2.24, 2.45) is 0 Å². The molecule has 30 heavy (non-hydrogen) atoms. The topological polar surface area (TPSA) is 137 Å². The van der Waals surface area contributed by atoms with E-state index >= 15 is 0 Å². The van der Waals surface area contributed by atoms with Gasteiger partial charge < -0.3 is 15.3 Å². The van der Waals surface area contributed by atoms with Gasteiger partial charge in [0.15, 0.2) is 22.6 Å². The maximum Gasteiger partial charge on any atom is 0.336 e. The molecule has 0 aliphatic carbocycles. The Labute approximate surface area is 167 Å². The van der Waals surface area contributed by atoms with Crippen molar-refractivity contribution in [1.82, 2.24) is 29.4 Å². The van der Waals surface area contributed by atoms with Gasteiger partial charge in [-0.05, 0) is 25.1 Å². The molecule has 0 saturated carbocycles. The van der Waals surface area contributed by atoms with E-state index in [-0.39, 0.29) is 23.0 Å². The summed E-state index contributed by atoms with van der Waals surface area (Å²) in [5, 5.41) is 18.9. The van der Waals surface area contributed by atoms with Gasteiger partial charge in [-0.15, -0.1) is 5.10 Å². The lowest BCUT2D eigenvalue weighted by atomic mass is 9.91. The van der Waals surface area contributed by atoms with Crippen LogP contribution in [0, 0.1) is 5.82 Å². The highest BCUT2D eigenvalue weighted by Crippen LogP contribution is 2.32. The van der Waals surface area contributed by atoms with E-state index in [1.165, 1.54) is 42.1 Å². The smallest absolute Gasteiger partial charge is 0.336 e. The van der Waals surface area contributed by atoms with E-state index < -0.39 is 17.3 Å². The summed E-state index contributed by atoms with van der Waals surface area (Å²) >= 11 is 0. The van der Waals surface area contributed by atoms with E-state index in [1.807, 2.05) is 0 Å². The van der Waals surface area contributed by atoms with E-state index in [9.17, 15) is 14.3 Å². The van der Waals surface area contributed by atoms with Gasteiger partial charge >= 0.3 is 5.97 Å². The molecular formula is C19H14FN7O3. The van der Waals surface area contributed by atoms with Gasteiger partial charge in [0.1, 0.15) is 5.82 Å².